The number of nitrogens with zero attached hydrogens (tertiary/aromatic N) is 1. The summed E-state index contributed by atoms with van der Waals surface area (Å²) < 4.78 is 5.23. The number of rotatable bonds is 4. The van der Waals surface area contributed by atoms with E-state index in [1.165, 1.54) is 5.56 Å². The number of likely N-dealkylation sites (tertiary alicyclic amines) is 1. The molecule has 0 aromatic heterocycles. The van der Waals surface area contributed by atoms with Gasteiger partial charge in [-0.1, -0.05) is 42.5 Å². The van der Waals surface area contributed by atoms with Gasteiger partial charge in [0, 0.05) is 25.4 Å². The molecule has 1 unspecified atom stereocenters. The van der Waals surface area contributed by atoms with Crippen molar-refractivity contribution in [2.45, 2.75) is 18.9 Å². The Morgan fingerprint density at radius 3 is 2.71 bits per heavy atom. The van der Waals surface area contributed by atoms with Gasteiger partial charge in [0.05, 0.1) is 7.11 Å². The van der Waals surface area contributed by atoms with Crippen LogP contribution >= 0.6 is 0 Å². The van der Waals surface area contributed by atoms with Gasteiger partial charge >= 0.3 is 0 Å². The van der Waals surface area contributed by atoms with Crippen LogP contribution in [0.1, 0.15) is 23.5 Å². The van der Waals surface area contributed by atoms with Gasteiger partial charge in [-0.15, -0.1) is 0 Å². The van der Waals surface area contributed by atoms with Crippen LogP contribution in [0.15, 0.2) is 54.6 Å². The molecule has 1 saturated heterocycles. The van der Waals surface area contributed by atoms with E-state index in [2.05, 4.69) is 12.1 Å². The van der Waals surface area contributed by atoms with E-state index in [9.17, 15) is 4.79 Å². The first kappa shape index (κ1) is 13.7. The molecule has 2 aromatic carbocycles. The Bertz CT molecular complexity index is 624. The Kier molecular flexibility index (Phi) is 3.91. The quantitative estimate of drug-likeness (QED) is 0.861. The smallest absolute Gasteiger partial charge is 0.223 e. The topological polar surface area (TPSA) is 29.5 Å². The lowest BCUT2D eigenvalue weighted by molar-refractivity contribution is -0.128. The highest BCUT2D eigenvalue weighted by molar-refractivity contribution is 5.79. The van der Waals surface area contributed by atoms with E-state index in [4.69, 9.17) is 4.74 Å². The summed E-state index contributed by atoms with van der Waals surface area (Å²) >= 11 is 0. The molecule has 1 heterocycles. The molecule has 0 spiro atoms. The molecule has 0 bridgehead atoms. The second-order valence-corrected chi connectivity index (χ2v) is 5.44. The maximum absolute atomic E-state index is 12.2. The lowest BCUT2D eigenvalue weighted by Crippen LogP contribution is -2.24. The molecular weight excluding hydrogens is 262 g/mol. The molecular formula is C18H19NO2. The van der Waals surface area contributed by atoms with E-state index >= 15 is 0 Å². The summed E-state index contributed by atoms with van der Waals surface area (Å²) in [6, 6.07) is 18.2. The zero-order chi connectivity index (χ0) is 14.7. The Morgan fingerprint density at radius 2 is 1.95 bits per heavy atom. The number of methoxy groups -OCH3 is 1. The van der Waals surface area contributed by atoms with Crippen LogP contribution in [0.5, 0.6) is 5.75 Å². The van der Waals surface area contributed by atoms with Crippen LogP contribution in [-0.4, -0.2) is 24.5 Å². The number of hydrogen-bond donors (Lipinski definition) is 0. The molecule has 0 saturated carbocycles. The fourth-order valence-electron chi connectivity index (χ4n) is 2.86. The molecule has 1 amide bonds. The molecule has 3 heteroatoms. The van der Waals surface area contributed by atoms with E-state index in [1.54, 1.807) is 7.11 Å². The number of hydrogen-bond acceptors (Lipinski definition) is 2. The van der Waals surface area contributed by atoms with E-state index in [0.717, 1.165) is 17.9 Å². The largest absolute Gasteiger partial charge is 0.497 e. The third-order valence-corrected chi connectivity index (χ3v) is 3.99. The molecule has 108 valence electrons. The van der Waals surface area contributed by atoms with Crippen LogP contribution < -0.4 is 4.74 Å². The molecule has 1 aliphatic heterocycles. The van der Waals surface area contributed by atoms with Crippen LogP contribution in [0.4, 0.5) is 0 Å². The number of amides is 1. The summed E-state index contributed by atoms with van der Waals surface area (Å²) in [6.07, 6.45) is 0.605. The maximum atomic E-state index is 12.2. The summed E-state index contributed by atoms with van der Waals surface area (Å²) in [5.74, 6) is 1.37. The molecule has 1 fully saturated rings. The van der Waals surface area contributed by atoms with E-state index < -0.39 is 0 Å². The van der Waals surface area contributed by atoms with Gasteiger partial charge in [0.1, 0.15) is 5.75 Å². The van der Waals surface area contributed by atoms with Crippen LogP contribution in [0.3, 0.4) is 0 Å². The molecule has 3 rings (SSSR count). The highest BCUT2D eigenvalue weighted by Gasteiger charge is 2.30. The number of ether oxygens (including phenoxy) is 1. The van der Waals surface area contributed by atoms with Crippen molar-refractivity contribution in [2.75, 3.05) is 13.7 Å². The third-order valence-electron chi connectivity index (χ3n) is 3.99. The zero-order valence-corrected chi connectivity index (χ0v) is 12.2. The summed E-state index contributed by atoms with van der Waals surface area (Å²) in [4.78, 5) is 14.1. The molecule has 3 nitrogen and oxygen atoms in total. The third kappa shape index (κ3) is 3.07. The fourth-order valence-corrected chi connectivity index (χ4v) is 2.86. The Balaban J connectivity index is 1.70. The van der Waals surface area contributed by atoms with Crippen molar-refractivity contribution in [3.05, 3.63) is 65.7 Å². The second kappa shape index (κ2) is 6.00. The lowest BCUT2D eigenvalue weighted by atomic mass is 9.99. The van der Waals surface area contributed by atoms with E-state index in [1.807, 2.05) is 47.4 Å². The number of carbonyl (C=O) groups excluding carboxylic acids is 1. The highest BCUT2D eigenvalue weighted by atomic mass is 16.5. The van der Waals surface area contributed by atoms with Gasteiger partial charge in [0.2, 0.25) is 5.91 Å². The minimum absolute atomic E-state index is 0.228. The van der Waals surface area contributed by atoms with Crippen LogP contribution in [0.25, 0.3) is 0 Å². The van der Waals surface area contributed by atoms with E-state index in [0.29, 0.717) is 18.9 Å². The average Bonchev–Trinajstić information content (AvgIpc) is 2.89. The first-order valence-corrected chi connectivity index (χ1v) is 7.22. The summed E-state index contributed by atoms with van der Waals surface area (Å²) in [5.41, 5.74) is 2.36. The van der Waals surface area contributed by atoms with Crippen molar-refractivity contribution >= 4 is 5.91 Å². The van der Waals surface area contributed by atoms with Crippen molar-refractivity contribution in [1.29, 1.82) is 0 Å². The predicted molar refractivity (Wildman–Crippen MR) is 82.2 cm³/mol. The fraction of sp³-hybridized carbons (Fsp3) is 0.278. The van der Waals surface area contributed by atoms with Crippen LogP contribution in [0, 0.1) is 0 Å². The van der Waals surface area contributed by atoms with Gasteiger partial charge in [-0.2, -0.15) is 0 Å². The first-order chi connectivity index (χ1) is 10.3. The van der Waals surface area contributed by atoms with Gasteiger partial charge in [-0.05, 0) is 23.3 Å². The van der Waals surface area contributed by atoms with Crippen molar-refractivity contribution in [3.8, 4) is 5.75 Å². The minimum Gasteiger partial charge on any atom is -0.497 e. The van der Waals surface area contributed by atoms with Gasteiger partial charge in [0.15, 0.2) is 0 Å². The van der Waals surface area contributed by atoms with Crippen molar-refractivity contribution < 1.29 is 9.53 Å². The van der Waals surface area contributed by atoms with E-state index in [-0.39, 0.29) is 5.91 Å². The number of carbonyl (C=O) groups is 1. The first-order valence-electron chi connectivity index (χ1n) is 7.22. The van der Waals surface area contributed by atoms with Crippen molar-refractivity contribution in [1.82, 2.24) is 4.90 Å². The average molecular weight is 281 g/mol. The normalized spacial score (nSPS) is 18.0. The molecule has 21 heavy (non-hydrogen) atoms. The molecule has 0 N–H and O–H groups in total. The molecule has 0 radical (unpaired) electrons. The Labute approximate surface area is 125 Å². The highest BCUT2D eigenvalue weighted by Crippen LogP contribution is 2.29. The van der Waals surface area contributed by atoms with Gasteiger partial charge in [0.25, 0.3) is 0 Å². The van der Waals surface area contributed by atoms with Crippen LogP contribution in [0.2, 0.25) is 0 Å². The summed E-state index contributed by atoms with van der Waals surface area (Å²) in [5, 5.41) is 0. The Morgan fingerprint density at radius 1 is 1.14 bits per heavy atom. The molecule has 2 aromatic rings. The minimum atomic E-state index is 0.228. The molecule has 1 aliphatic rings. The van der Waals surface area contributed by atoms with Crippen molar-refractivity contribution in [2.24, 2.45) is 0 Å². The summed E-state index contributed by atoms with van der Waals surface area (Å²) in [7, 11) is 1.66. The monoisotopic (exact) mass is 281 g/mol. The molecule has 1 atom stereocenters. The predicted octanol–water partition coefficient (Wildman–Crippen LogP) is 3.21. The lowest BCUT2D eigenvalue weighted by Gasteiger charge is -2.17. The summed E-state index contributed by atoms with van der Waals surface area (Å²) in [6.45, 7) is 1.44. The Hall–Kier alpha value is -2.29. The second-order valence-electron chi connectivity index (χ2n) is 5.44. The van der Waals surface area contributed by atoms with Gasteiger partial charge in [-0.25, -0.2) is 0 Å². The standard InChI is InChI=1S/C18H19NO2/c1-21-17-9-5-6-14(10-17)12-19-13-16(11-18(19)20)15-7-3-2-4-8-15/h2-10,16H,11-13H2,1H3. The van der Waals surface area contributed by atoms with Crippen molar-refractivity contribution in [3.63, 3.8) is 0 Å². The SMILES string of the molecule is COc1cccc(CN2CC(c3ccccc3)CC2=O)c1. The van der Waals surface area contributed by atoms with Crippen LogP contribution in [-0.2, 0) is 11.3 Å². The molecule has 0 aliphatic carbocycles. The zero-order valence-electron chi connectivity index (χ0n) is 12.2. The van der Waals surface area contributed by atoms with Gasteiger partial charge in [-0.3, -0.25) is 4.79 Å². The maximum Gasteiger partial charge on any atom is 0.223 e. The number of benzene rings is 2. The van der Waals surface area contributed by atoms with Gasteiger partial charge < -0.3 is 9.64 Å².